The molecule has 1 unspecified atom stereocenters. The van der Waals surface area contributed by atoms with Crippen molar-refractivity contribution in [2.45, 2.75) is 18.1 Å². The van der Waals surface area contributed by atoms with Gasteiger partial charge >= 0.3 is 0 Å². The predicted molar refractivity (Wildman–Crippen MR) is 71.1 cm³/mol. The summed E-state index contributed by atoms with van der Waals surface area (Å²) in [4.78, 5) is 3.81. The molecule has 6 nitrogen and oxygen atoms in total. The highest BCUT2D eigenvalue weighted by atomic mass is 32.2. The topological polar surface area (TPSA) is 84.2 Å². The lowest BCUT2D eigenvalue weighted by Gasteiger charge is -2.13. The molecule has 2 N–H and O–H groups in total. The monoisotopic (exact) mass is 281 g/mol. The van der Waals surface area contributed by atoms with Crippen LogP contribution in [0.5, 0.6) is 0 Å². The fourth-order valence-corrected chi connectivity index (χ4v) is 2.75. The lowest BCUT2D eigenvalue weighted by molar-refractivity contribution is 0.200. The van der Waals surface area contributed by atoms with Crippen molar-refractivity contribution in [2.24, 2.45) is 7.05 Å². The number of aliphatic hydroxyl groups is 1. The Kier molecular flexibility index (Phi) is 3.59. The van der Waals surface area contributed by atoms with Crippen LogP contribution in [0.2, 0.25) is 0 Å². The number of aliphatic hydroxyl groups excluding tert-OH is 1. The number of nitrogens with zero attached hydrogens (tertiary/aromatic N) is 2. The first-order chi connectivity index (χ1) is 8.90. The molecule has 1 atom stereocenters. The Morgan fingerprint density at radius 2 is 2.05 bits per heavy atom. The van der Waals surface area contributed by atoms with Crippen LogP contribution >= 0.6 is 0 Å². The van der Waals surface area contributed by atoms with Crippen LogP contribution in [0.15, 0.2) is 41.8 Å². The van der Waals surface area contributed by atoms with Gasteiger partial charge in [0, 0.05) is 18.8 Å². The third-order valence-electron chi connectivity index (χ3n) is 2.61. The number of nitrogens with one attached hydrogen (secondary N) is 1. The van der Waals surface area contributed by atoms with E-state index in [1.165, 1.54) is 12.5 Å². The number of aryl methyl sites for hydroxylation is 1. The second kappa shape index (κ2) is 5.02. The molecule has 1 heterocycles. The minimum atomic E-state index is -3.74. The van der Waals surface area contributed by atoms with Crippen molar-refractivity contribution in [1.29, 1.82) is 0 Å². The summed E-state index contributed by atoms with van der Waals surface area (Å²) in [6, 6.07) is 6.70. The Hall–Kier alpha value is -1.86. The summed E-state index contributed by atoms with van der Waals surface area (Å²) in [5, 5.41) is 9.56. The summed E-state index contributed by atoms with van der Waals surface area (Å²) in [6.07, 6.45) is 2.06. The first-order valence-corrected chi connectivity index (χ1v) is 7.16. The Balaban J connectivity index is 2.36. The SMILES string of the molecule is CC(O)c1ccccc1NS(=O)(=O)c1cn(C)cn1. The summed E-state index contributed by atoms with van der Waals surface area (Å²) in [5.41, 5.74) is 0.866. The van der Waals surface area contributed by atoms with E-state index in [2.05, 4.69) is 9.71 Å². The van der Waals surface area contributed by atoms with Crippen LogP contribution in [0, 0.1) is 0 Å². The summed E-state index contributed by atoms with van der Waals surface area (Å²) >= 11 is 0. The normalized spacial score (nSPS) is 13.2. The van der Waals surface area contributed by atoms with Crippen LogP contribution < -0.4 is 4.72 Å². The molecule has 102 valence electrons. The molecule has 1 aromatic heterocycles. The molecule has 0 radical (unpaired) electrons. The fourth-order valence-electron chi connectivity index (χ4n) is 1.68. The Bertz CT molecular complexity index is 677. The zero-order valence-electron chi connectivity index (χ0n) is 10.6. The van der Waals surface area contributed by atoms with Crippen molar-refractivity contribution in [3.63, 3.8) is 0 Å². The number of hydrogen-bond donors (Lipinski definition) is 2. The standard InChI is InChI=1S/C12H15N3O3S/c1-9(16)10-5-3-4-6-11(10)14-19(17,18)12-7-15(2)8-13-12/h3-9,14,16H,1-2H3. The highest BCUT2D eigenvalue weighted by Crippen LogP contribution is 2.24. The molecule has 0 aliphatic carbocycles. The number of rotatable bonds is 4. The van der Waals surface area contributed by atoms with Gasteiger partial charge in [-0.05, 0) is 13.0 Å². The largest absolute Gasteiger partial charge is 0.389 e. The van der Waals surface area contributed by atoms with Crippen molar-refractivity contribution in [3.05, 3.63) is 42.4 Å². The van der Waals surface area contributed by atoms with Gasteiger partial charge in [0.05, 0.1) is 18.1 Å². The molecule has 0 aliphatic heterocycles. The zero-order valence-corrected chi connectivity index (χ0v) is 11.4. The van der Waals surface area contributed by atoms with Gasteiger partial charge in [-0.25, -0.2) is 4.98 Å². The molecule has 0 amide bonds. The maximum Gasteiger partial charge on any atom is 0.280 e. The molecule has 0 bridgehead atoms. The Morgan fingerprint density at radius 1 is 1.37 bits per heavy atom. The van der Waals surface area contributed by atoms with Crippen molar-refractivity contribution >= 4 is 15.7 Å². The third kappa shape index (κ3) is 2.94. The van der Waals surface area contributed by atoms with Gasteiger partial charge in [0.2, 0.25) is 0 Å². The molecule has 0 fully saturated rings. The fraction of sp³-hybridized carbons (Fsp3) is 0.250. The number of benzene rings is 1. The molecule has 0 aliphatic rings. The molecule has 7 heteroatoms. The van der Waals surface area contributed by atoms with Gasteiger partial charge in [0.25, 0.3) is 10.0 Å². The number of imidazole rings is 1. The first-order valence-electron chi connectivity index (χ1n) is 5.68. The van der Waals surface area contributed by atoms with Crippen LogP contribution in [-0.2, 0) is 17.1 Å². The Morgan fingerprint density at radius 3 is 2.63 bits per heavy atom. The van der Waals surface area contributed by atoms with Gasteiger partial charge in [0.15, 0.2) is 5.03 Å². The van der Waals surface area contributed by atoms with E-state index < -0.39 is 16.1 Å². The Labute approximate surface area is 111 Å². The van der Waals surface area contributed by atoms with Crippen LogP contribution in [0.4, 0.5) is 5.69 Å². The predicted octanol–water partition coefficient (Wildman–Crippen LogP) is 1.27. The van der Waals surface area contributed by atoms with Crippen molar-refractivity contribution in [2.75, 3.05) is 4.72 Å². The highest BCUT2D eigenvalue weighted by Gasteiger charge is 2.19. The van der Waals surface area contributed by atoms with E-state index in [0.717, 1.165) is 0 Å². The summed E-state index contributed by atoms with van der Waals surface area (Å²) < 4.78 is 28.2. The van der Waals surface area contributed by atoms with Crippen molar-refractivity contribution < 1.29 is 13.5 Å². The maximum atomic E-state index is 12.1. The van der Waals surface area contributed by atoms with Gasteiger partial charge < -0.3 is 9.67 Å². The average molecular weight is 281 g/mol. The number of para-hydroxylation sites is 1. The smallest absolute Gasteiger partial charge is 0.280 e. The minimum Gasteiger partial charge on any atom is -0.389 e. The lowest BCUT2D eigenvalue weighted by atomic mass is 10.1. The van der Waals surface area contributed by atoms with Crippen molar-refractivity contribution in [1.82, 2.24) is 9.55 Å². The van der Waals surface area contributed by atoms with Crippen LogP contribution in [-0.4, -0.2) is 23.1 Å². The first kappa shape index (κ1) is 13.6. The van der Waals surface area contributed by atoms with Gasteiger partial charge in [-0.3, -0.25) is 4.72 Å². The van der Waals surface area contributed by atoms with Gasteiger partial charge in [0.1, 0.15) is 0 Å². The van der Waals surface area contributed by atoms with E-state index in [-0.39, 0.29) is 5.03 Å². The third-order valence-corrected chi connectivity index (χ3v) is 3.86. The molecule has 0 saturated heterocycles. The van der Waals surface area contributed by atoms with E-state index in [1.54, 1.807) is 42.8 Å². The highest BCUT2D eigenvalue weighted by molar-refractivity contribution is 7.92. The summed E-state index contributed by atoms with van der Waals surface area (Å²) in [6.45, 7) is 1.58. The van der Waals surface area contributed by atoms with Crippen LogP contribution in [0.1, 0.15) is 18.6 Å². The number of hydrogen-bond acceptors (Lipinski definition) is 4. The van der Waals surface area contributed by atoms with E-state index >= 15 is 0 Å². The molecular weight excluding hydrogens is 266 g/mol. The molecular formula is C12H15N3O3S. The second-order valence-electron chi connectivity index (χ2n) is 4.25. The van der Waals surface area contributed by atoms with Gasteiger partial charge in [-0.1, -0.05) is 18.2 Å². The molecule has 1 aromatic carbocycles. The molecule has 0 saturated carbocycles. The van der Waals surface area contributed by atoms with Crippen LogP contribution in [0.3, 0.4) is 0 Å². The van der Waals surface area contributed by atoms with E-state index in [4.69, 9.17) is 0 Å². The zero-order chi connectivity index (χ0) is 14.0. The van der Waals surface area contributed by atoms with Crippen LogP contribution in [0.25, 0.3) is 0 Å². The summed E-state index contributed by atoms with van der Waals surface area (Å²) in [5.74, 6) is 0. The quantitative estimate of drug-likeness (QED) is 0.884. The molecule has 0 spiro atoms. The lowest BCUT2D eigenvalue weighted by Crippen LogP contribution is -2.15. The second-order valence-corrected chi connectivity index (χ2v) is 5.88. The van der Waals surface area contributed by atoms with Gasteiger partial charge in [-0.15, -0.1) is 0 Å². The van der Waals surface area contributed by atoms with E-state index in [1.807, 2.05) is 0 Å². The minimum absolute atomic E-state index is 0.0598. The maximum absolute atomic E-state index is 12.1. The van der Waals surface area contributed by atoms with Gasteiger partial charge in [-0.2, -0.15) is 8.42 Å². The average Bonchev–Trinajstić information content (AvgIpc) is 2.76. The number of anilines is 1. The van der Waals surface area contributed by atoms with E-state index in [0.29, 0.717) is 11.3 Å². The van der Waals surface area contributed by atoms with Crippen molar-refractivity contribution in [3.8, 4) is 0 Å². The molecule has 19 heavy (non-hydrogen) atoms. The number of sulfonamides is 1. The van der Waals surface area contributed by atoms with E-state index in [9.17, 15) is 13.5 Å². The number of aromatic nitrogens is 2. The summed E-state index contributed by atoms with van der Waals surface area (Å²) in [7, 11) is -2.05. The molecule has 2 aromatic rings. The molecule has 2 rings (SSSR count).